The minimum absolute atomic E-state index is 0.0724. The molecule has 1 atom stereocenters. The Morgan fingerprint density at radius 3 is 2.88 bits per heavy atom. The van der Waals surface area contributed by atoms with Crippen LogP contribution in [0.15, 0.2) is 18.2 Å². The van der Waals surface area contributed by atoms with Crippen LogP contribution >= 0.6 is 23.2 Å². The highest BCUT2D eigenvalue weighted by Crippen LogP contribution is 2.23. The van der Waals surface area contributed by atoms with Crippen LogP contribution in [0.1, 0.15) is 18.9 Å². The van der Waals surface area contributed by atoms with Crippen LogP contribution in [0.4, 0.5) is 0 Å². The van der Waals surface area contributed by atoms with Gasteiger partial charge in [-0.3, -0.25) is 0 Å². The highest BCUT2D eigenvalue weighted by Gasteiger charge is 2.28. The number of hydrogen-bond donors (Lipinski definition) is 1. The second kappa shape index (κ2) is 4.92. The normalized spacial score (nSPS) is 24.9. The van der Waals surface area contributed by atoms with E-state index in [2.05, 4.69) is 12.2 Å². The Morgan fingerprint density at radius 1 is 1.44 bits per heavy atom. The maximum absolute atomic E-state index is 6.10. The molecular formula is C12H15Cl2NO. The van der Waals surface area contributed by atoms with Gasteiger partial charge in [-0.1, -0.05) is 29.3 Å². The van der Waals surface area contributed by atoms with Gasteiger partial charge >= 0.3 is 0 Å². The second-order valence-corrected chi connectivity index (χ2v) is 5.30. The fourth-order valence-electron chi connectivity index (χ4n) is 1.78. The zero-order chi connectivity index (χ0) is 11.6. The molecule has 1 aliphatic rings. The number of nitrogens with one attached hydrogen (secondary N) is 1. The molecule has 1 aromatic rings. The molecular weight excluding hydrogens is 245 g/mol. The third kappa shape index (κ3) is 2.89. The van der Waals surface area contributed by atoms with Crippen molar-refractivity contribution in [2.75, 3.05) is 13.2 Å². The minimum Gasteiger partial charge on any atom is -0.379 e. The third-order valence-corrected chi connectivity index (χ3v) is 3.53. The Balaban J connectivity index is 1.99. The van der Waals surface area contributed by atoms with Crippen LogP contribution in [0.5, 0.6) is 0 Å². The highest BCUT2D eigenvalue weighted by molar-refractivity contribution is 6.35. The van der Waals surface area contributed by atoms with Crippen molar-refractivity contribution in [2.45, 2.75) is 25.4 Å². The average Bonchev–Trinajstić information content (AvgIpc) is 2.64. The molecule has 2 rings (SSSR count). The fraction of sp³-hybridized carbons (Fsp3) is 0.500. The van der Waals surface area contributed by atoms with Crippen molar-refractivity contribution < 1.29 is 4.74 Å². The maximum atomic E-state index is 6.10. The molecule has 0 radical (unpaired) electrons. The van der Waals surface area contributed by atoms with E-state index in [9.17, 15) is 0 Å². The molecule has 0 saturated carbocycles. The van der Waals surface area contributed by atoms with E-state index in [0.717, 1.165) is 31.7 Å². The molecule has 1 aromatic carbocycles. The summed E-state index contributed by atoms with van der Waals surface area (Å²) in [7, 11) is 0. The van der Waals surface area contributed by atoms with Gasteiger partial charge in [-0.05, 0) is 31.0 Å². The van der Waals surface area contributed by atoms with Crippen molar-refractivity contribution in [1.82, 2.24) is 5.32 Å². The predicted octanol–water partition coefficient (Wildman–Crippen LogP) is 3.26. The van der Waals surface area contributed by atoms with E-state index in [-0.39, 0.29) is 5.54 Å². The van der Waals surface area contributed by atoms with Gasteiger partial charge in [-0.15, -0.1) is 0 Å². The summed E-state index contributed by atoms with van der Waals surface area (Å²) >= 11 is 12.0. The van der Waals surface area contributed by atoms with Gasteiger partial charge in [-0.2, -0.15) is 0 Å². The van der Waals surface area contributed by atoms with E-state index >= 15 is 0 Å². The number of benzene rings is 1. The number of hydrogen-bond acceptors (Lipinski definition) is 2. The summed E-state index contributed by atoms with van der Waals surface area (Å²) in [4.78, 5) is 0. The molecule has 1 saturated heterocycles. The van der Waals surface area contributed by atoms with Gasteiger partial charge < -0.3 is 10.1 Å². The first kappa shape index (κ1) is 12.2. The first-order chi connectivity index (χ1) is 7.59. The van der Waals surface area contributed by atoms with Crippen LogP contribution in [-0.2, 0) is 11.3 Å². The van der Waals surface area contributed by atoms with Gasteiger partial charge in [-0.25, -0.2) is 0 Å². The molecule has 1 N–H and O–H groups in total. The van der Waals surface area contributed by atoms with Gasteiger partial charge in [0.1, 0.15) is 0 Å². The lowest BCUT2D eigenvalue weighted by Crippen LogP contribution is -2.42. The van der Waals surface area contributed by atoms with Crippen LogP contribution in [0.3, 0.4) is 0 Å². The zero-order valence-electron chi connectivity index (χ0n) is 9.22. The summed E-state index contributed by atoms with van der Waals surface area (Å²) in [5.41, 5.74) is 1.14. The van der Waals surface area contributed by atoms with E-state index in [1.807, 2.05) is 12.1 Å². The van der Waals surface area contributed by atoms with Crippen LogP contribution in [0, 0.1) is 0 Å². The fourth-order valence-corrected chi connectivity index (χ4v) is 2.26. The largest absolute Gasteiger partial charge is 0.379 e. The lowest BCUT2D eigenvalue weighted by atomic mass is 10.0. The van der Waals surface area contributed by atoms with Crippen molar-refractivity contribution in [2.24, 2.45) is 0 Å². The first-order valence-electron chi connectivity index (χ1n) is 5.36. The quantitative estimate of drug-likeness (QED) is 0.900. The van der Waals surface area contributed by atoms with Gasteiger partial charge in [0.05, 0.1) is 6.61 Å². The topological polar surface area (TPSA) is 21.3 Å². The Kier molecular flexibility index (Phi) is 3.75. The summed E-state index contributed by atoms with van der Waals surface area (Å²) < 4.78 is 5.38. The Labute approximate surface area is 106 Å². The van der Waals surface area contributed by atoms with Crippen molar-refractivity contribution in [3.05, 3.63) is 33.8 Å². The van der Waals surface area contributed by atoms with E-state index < -0.39 is 0 Å². The summed E-state index contributed by atoms with van der Waals surface area (Å²) in [6.45, 7) is 4.51. The van der Waals surface area contributed by atoms with E-state index in [1.54, 1.807) is 6.07 Å². The minimum atomic E-state index is 0.0724. The molecule has 16 heavy (non-hydrogen) atoms. The van der Waals surface area contributed by atoms with Crippen LogP contribution < -0.4 is 5.32 Å². The Hall–Kier alpha value is -0.280. The zero-order valence-corrected chi connectivity index (χ0v) is 10.7. The molecule has 4 heteroatoms. The number of rotatable bonds is 3. The monoisotopic (exact) mass is 259 g/mol. The van der Waals surface area contributed by atoms with Crippen LogP contribution in [-0.4, -0.2) is 18.8 Å². The van der Waals surface area contributed by atoms with Gasteiger partial charge in [0, 0.05) is 28.7 Å². The lowest BCUT2D eigenvalue weighted by Gasteiger charge is -2.23. The van der Waals surface area contributed by atoms with Crippen LogP contribution in [0.2, 0.25) is 10.0 Å². The average molecular weight is 260 g/mol. The molecule has 2 nitrogen and oxygen atoms in total. The number of halogens is 2. The summed E-state index contributed by atoms with van der Waals surface area (Å²) in [5.74, 6) is 0. The summed E-state index contributed by atoms with van der Waals surface area (Å²) in [5, 5.41) is 4.86. The van der Waals surface area contributed by atoms with Crippen molar-refractivity contribution in [1.29, 1.82) is 0 Å². The molecule has 0 spiro atoms. The maximum Gasteiger partial charge on any atom is 0.0646 e. The summed E-state index contributed by atoms with van der Waals surface area (Å²) in [6, 6.07) is 5.59. The molecule has 1 fully saturated rings. The van der Waals surface area contributed by atoms with E-state index in [0.29, 0.717) is 10.0 Å². The van der Waals surface area contributed by atoms with Crippen LogP contribution in [0.25, 0.3) is 0 Å². The molecule has 0 bridgehead atoms. The predicted molar refractivity (Wildman–Crippen MR) is 67.1 cm³/mol. The standard InChI is InChI=1S/C12H15Cl2NO/c1-12(4-5-16-8-12)15-7-9-2-3-10(13)6-11(9)14/h2-3,6,15H,4-5,7-8H2,1H3. The van der Waals surface area contributed by atoms with Gasteiger partial charge in [0.25, 0.3) is 0 Å². The molecule has 1 aliphatic heterocycles. The smallest absolute Gasteiger partial charge is 0.0646 e. The first-order valence-corrected chi connectivity index (χ1v) is 6.11. The number of ether oxygens (including phenoxy) is 1. The second-order valence-electron chi connectivity index (χ2n) is 4.45. The highest BCUT2D eigenvalue weighted by atomic mass is 35.5. The van der Waals surface area contributed by atoms with E-state index in [1.165, 1.54) is 0 Å². The van der Waals surface area contributed by atoms with Crippen molar-refractivity contribution in [3.8, 4) is 0 Å². The van der Waals surface area contributed by atoms with E-state index in [4.69, 9.17) is 27.9 Å². The third-order valence-electron chi connectivity index (χ3n) is 2.94. The summed E-state index contributed by atoms with van der Waals surface area (Å²) in [6.07, 6.45) is 1.04. The molecule has 0 aromatic heterocycles. The van der Waals surface area contributed by atoms with Gasteiger partial charge in [0.15, 0.2) is 0 Å². The molecule has 1 heterocycles. The Morgan fingerprint density at radius 2 is 2.25 bits per heavy atom. The van der Waals surface area contributed by atoms with Crippen molar-refractivity contribution in [3.63, 3.8) is 0 Å². The Bertz CT molecular complexity index is 375. The van der Waals surface area contributed by atoms with Gasteiger partial charge in [0.2, 0.25) is 0 Å². The molecule has 0 aliphatic carbocycles. The van der Waals surface area contributed by atoms with Crippen molar-refractivity contribution >= 4 is 23.2 Å². The molecule has 88 valence electrons. The molecule has 0 amide bonds. The lowest BCUT2D eigenvalue weighted by molar-refractivity contribution is 0.171. The SMILES string of the molecule is CC1(NCc2ccc(Cl)cc2Cl)CCOC1. The molecule has 1 unspecified atom stereocenters.